The van der Waals surface area contributed by atoms with Crippen molar-refractivity contribution in [1.29, 1.82) is 0 Å². The number of nitro benzene ring substituents is 1. The molecule has 0 radical (unpaired) electrons. The van der Waals surface area contributed by atoms with Gasteiger partial charge in [0.2, 0.25) is 0 Å². The molecule has 0 aliphatic carbocycles. The Balaban J connectivity index is 1.95. The zero-order valence-corrected chi connectivity index (χ0v) is 14.6. The quantitative estimate of drug-likeness (QED) is 0.392. The lowest BCUT2D eigenvalue weighted by Crippen LogP contribution is -2.37. The molecule has 3 rings (SSSR count). The first-order valence-corrected chi connectivity index (χ1v) is 8.28. The fraction of sp³-hybridized carbons (Fsp3) is 0.267. The summed E-state index contributed by atoms with van der Waals surface area (Å²) in [6.07, 6.45) is 0. The van der Waals surface area contributed by atoms with Gasteiger partial charge in [-0.2, -0.15) is 0 Å². The first-order valence-electron chi connectivity index (χ1n) is 7.30. The van der Waals surface area contributed by atoms with Crippen LogP contribution in [0.1, 0.15) is 5.56 Å². The lowest BCUT2D eigenvalue weighted by Gasteiger charge is -2.03. The highest BCUT2D eigenvalue weighted by atomic mass is 32.2. The van der Waals surface area contributed by atoms with E-state index in [-0.39, 0.29) is 5.69 Å². The molecule has 0 aliphatic rings. The van der Waals surface area contributed by atoms with E-state index in [1.54, 1.807) is 30.8 Å². The standard InChI is InChI=1S/C15H15N5O4S/c1-17-11-12(18(2)15(22)19(3)13(11)21)16-14(17)25-8-9-4-6-10(7-5-9)20(23)24/h4-7H,8H2,1-3H3. The molecule has 0 N–H and O–H groups in total. The topological polar surface area (TPSA) is 105 Å². The van der Waals surface area contributed by atoms with Gasteiger partial charge in [-0.25, -0.2) is 9.78 Å². The molecule has 0 aliphatic heterocycles. The van der Waals surface area contributed by atoms with Gasteiger partial charge >= 0.3 is 5.69 Å². The Bertz CT molecular complexity index is 1090. The third-order valence-corrected chi connectivity index (χ3v) is 5.05. The van der Waals surface area contributed by atoms with E-state index in [4.69, 9.17) is 0 Å². The minimum atomic E-state index is -0.446. The molecule has 25 heavy (non-hydrogen) atoms. The average Bonchev–Trinajstić information content (AvgIpc) is 2.93. The predicted molar refractivity (Wildman–Crippen MR) is 93.9 cm³/mol. The number of nitrogens with zero attached hydrogens (tertiary/aromatic N) is 5. The molecule has 0 saturated carbocycles. The summed E-state index contributed by atoms with van der Waals surface area (Å²) in [4.78, 5) is 39.0. The van der Waals surface area contributed by atoms with E-state index in [9.17, 15) is 19.7 Å². The number of benzene rings is 1. The Morgan fingerprint density at radius 1 is 1.08 bits per heavy atom. The number of imidazole rings is 1. The summed E-state index contributed by atoms with van der Waals surface area (Å²) < 4.78 is 4.05. The van der Waals surface area contributed by atoms with E-state index < -0.39 is 16.2 Å². The Morgan fingerprint density at radius 3 is 2.32 bits per heavy atom. The Labute approximate surface area is 145 Å². The molecular formula is C15H15N5O4S. The number of hydrogen-bond donors (Lipinski definition) is 0. The Kier molecular flexibility index (Phi) is 4.21. The fourth-order valence-electron chi connectivity index (χ4n) is 2.49. The first-order chi connectivity index (χ1) is 11.8. The summed E-state index contributed by atoms with van der Waals surface area (Å²) in [6.45, 7) is 0. The zero-order chi connectivity index (χ0) is 18.3. The van der Waals surface area contributed by atoms with Gasteiger partial charge in [-0.05, 0) is 5.56 Å². The predicted octanol–water partition coefficient (Wildman–Crippen LogP) is 1.17. The molecule has 10 heteroatoms. The normalized spacial score (nSPS) is 11.2. The van der Waals surface area contributed by atoms with Gasteiger partial charge in [0, 0.05) is 39.0 Å². The molecule has 9 nitrogen and oxygen atoms in total. The summed E-state index contributed by atoms with van der Waals surface area (Å²) >= 11 is 1.39. The van der Waals surface area contributed by atoms with Crippen LogP contribution in [0.25, 0.3) is 11.2 Å². The van der Waals surface area contributed by atoms with Crippen LogP contribution in [0.15, 0.2) is 39.0 Å². The van der Waals surface area contributed by atoms with Gasteiger partial charge in [-0.15, -0.1) is 0 Å². The molecule has 3 aromatic rings. The summed E-state index contributed by atoms with van der Waals surface area (Å²) in [5, 5.41) is 11.3. The molecule has 0 atom stereocenters. The molecule has 0 unspecified atom stereocenters. The molecule has 2 aromatic heterocycles. The van der Waals surface area contributed by atoms with Crippen LogP contribution in [0.5, 0.6) is 0 Å². The summed E-state index contributed by atoms with van der Waals surface area (Å²) in [5.74, 6) is 0.531. The molecule has 130 valence electrons. The number of rotatable bonds is 4. The molecule has 0 bridgehead atoms. The van der Waals surface area contributed by atoms with Crippen LogP contribution in [0.2, 0.25) is 0 Å². The zero-order valence-electron chi connectivity index (χ0n) is 13.8. The largest absolute Gasteiger partial charge is 0.332 e. The van der Waals surface area contributed by atoms with Crippen LogP contribution in [0.4, 0.5) is 5.69 Å². The molecule has 2 heterocycles. The maximum absolute atomic E-state index is 12.3. The highest BCUT2D eigenvalue weighted by Gasteiger charge is 2.17. The van der Waals surface area contributed by atoms with Crippen molar-refractivity contribution in [3.8, 4) is 0 Å². The van der Waals surface area contributed by atoms with Gasteiger partial charge in [0.25, 0.3) is 11.2 Å². The summed E-state index contributed by atoms with van der Waals surface area (Å²) in [5.41, 5.74) is 0.801. The van der Waals surface area contributed by atoms with Crippen LogP contribution in [-0.2, 0) is 26.9 Å². The average molecular weight is 361 g/mol. The van der Waals surface area contributed by atoms with E-state index in [1.807, 2.05) is 0 Å². The van der Waals surface area contributed by atoms with Crippen molar-refractivity contribution < 1.29 is 4.92 Å². The molecule has 0 amide bonds. The van der Waals surface area contributed by atoms with Crippen molar-refractivity contribution in [3.63, 3.8) is 0 Å². The van der Waals surface area contributed by atoms with Crippen molar-refractivity contribution in [2.45, 2.75) is 10.9 Å². The summed E-state index contributed by atoms with van der Waals surface area (Å²) in [6, 6.07) is 6.26. The molecular weight excluding hydrogens is 346 g/mol. The van der Waals surface area contributed by atoms with Gasteiger partial charge in [0.1, 0.15) is 0 Å². The molecule has 0 saturated heterocycles. The molecule has 0 spiro atoms. The Hall–Kier alpha value is -2.88. The van der Waals surface area contributed by atoms with Gasteiger partial charge in [-0.1, -0.05) is 23.9 Å². The number of fused-ring (bicyclic) bond motifs is 1. The fourth-order valence-corrected chi connectivity index (χ4v) is 3.41. The van der Waals surface area contributed by atoms with Gasteiger partial charge < -0.3 is 4.57 Å². The minimum Gasteiger partial charge on any atom is -0.316 e. The van der Waals surface area contributed by atoms with Crippen LogP contribution in [0, 0.1) is 10.1 Å². The number of aryl methyl sites for hydroxylation is 2. The van der Waals surface area contributed by atoms with Crippen LogP contribution in [-0.4, -0.2) is 23.6 Å². The molecule has 0 fully saturated rings. The van der Waals surface area contributed by atoms with E-state index in [1.165, 1.54) is 35.5 Å². The van der Waals surface area contributed by atoms with Crippen molar-refractivity contribution in [2.24, 2.45) is 21.1 Å². The SMILES string of the molecule is Cn1c(=O)c2c(nc(SCc3ccc([N+](=O)[O-])cc3)n2C)n(C)c1=O. The summed E-state index contributed by atoms with van der Waals surface area (Å²) in [7, 11) is 4.72. The number of aromatic nitrogens is 4. The van der Waals surface area contributed by atoms with Crippen molar-refractivity contribution in [3.05, 3.63) is 60.8 Å². The lowest BCUT2D eigenvalue weighted by atomic mass is 10.2. The number of thioether (sulfide) groups is 1. The van der Waals surface area contributed by atoms with Gasteiger partial charge in [0.15, 0.2) is 16.3 Å². The monoisotopic (exact) mass is 361 g/mol. The maximum Gasteiger partial charge on any atom is 0.332 e. The third kappa shape index (κ3) is 2.84. The second kappa shape index (κ2) is 6.20. The van der Waals surface area contributed by atoms with E-state index in [0.29, 0.717) is 22.1 Å². The third-order valence-electron chi connectivity index (χ3n) is 3.95. The van der Waals surface area contributed by atoms with Crippen LogP contribution < -0.4 is 11.2 Å². The van der Waals surface area contributed by atoms with Crippen LogP contribution >= 0.6 is 11.8 Å². The van der Waals surface area contributed by atoms with Crippen molar-refractivity contribution in [2.75, 3.05) is 0 Å². The maximum atomic E-state index is 12.3. The van der Waals surface area contributed by atoms with E-state index in [2.05, 4.69) is 4.98 Å². The number of hydrogen-bond acceptors (Lipinski definition) is 6. The van der Waals surface area contributed by atoms with Crippen LogP contribution in [0.3, 0.4) is 0 Å². The van der Waals surface area contributed by atoms with Crippen molar-refractivity contribution >= 4 is 28.6 Å². The van der Waals surface area contributed by atoms with Gasteiger partial charge in [-0.3, -0.25) is 24.0 Å². The first kappa shape index (κ1) is 17.0. The van der Waals surface area contributed by atoms with E-state index >= 15 is 0 Å². The second-order valence-electron chi connectivity index (χ2n) is 5.54. The minimum absolute atomic E-state index is 0.0370. The van der Waals surface area contributed by atoms with E-state index in [0.717, 1.165) is 10.1 Å². The Morgan fingerprint density at radius 2 is 1.72 bits per heavy atom. The smallest absolute Gasteiger partial charge is 0.316 e. The number of nitro groups is 1. The number of non-ortho nitro benzene ring substituents is 1. The van der Waals surface area contributed by atoms with Gasteiger partial charge in [0.05, 0.1) is 4.92 Å². The lowest BCUT2D eigenvalue weighted by molar-refractivity contribution is -0.384. The van der Waals surface area contributed by atoms with Crippen molar-refractivity contribution in [1.82, 2.24) is 18.7 Å². The highest BCUT2D eigenvalue weighted by molar-refractivity contribution is 7.98. The molecule has 1 aromatic carbocycles. The second-order valence-corrected chi connectivity index (χ2v) is 6.49. The highest BCUT2D eigenvalue weighted by Crippen LogP contribution is 2.24.